The van der Waals surface area contributed by atoms with Gasteiger partial charge >= 0.3 is 0 Å². The number of nitrogens with zero attached hydrogens (tertiary/aromatic N) is 4. The summed E-state index contributed by atoms with van der Waals surface area (Å²) in [4.78, 5) is 23.5. The fourth-order valence-corrected chi connectivity index (χ4v) is 4.88. The second-order valence-electron chi connectivity index (χ2n) is 7.45. The van der Waals surface area contributed by atoms with Crippen LogP contribution in [0.3, 0.4) is 0 Å². The highest BCUT2D eigenvalue weighted by Gasteiger charge is 2.32. The molecule has 0 aromatic carbocycles. The fraction of sp³-hybridized carbons (Fsp3) is 0.889. The number of carbonyl (C=O) groups is 1. The minimum Gasteiger partial charge on any atom is -0.387 e. The molecule has 0 aromatic rings. The van der Waals surface area contributed by atoms with Gasteiger partial charge in [0.2, 0.25) is 5.91 Å². The molecule has 3 saturated heterocycles. The van der Waals surface area contributed by atoms with Gasteiger partial charge in [0.1, 0.15) is 0 Å². The van der Waals surface area contributed by atoms with Crippen LogP contribution < -0.4 is 5.32 Å². The average molecular weight is 527 g/mol. The molecule has 2 N–H and O–H groups in total. The molecule has 3 heterocycles. The largest absolute Gasteiger partial charge is 0.387 e. The lowest BCUT2D eigenvalue weighted by Crippen LogP contribution is -2.55. The first kappa shape index (κ1) is 24.0. The minimum absolute atomic E-state index is 0. The Labute approximate surface area is 189 Å². The van der Waals surface area contributed by atoms with Crippen molar-refractivity contribution in [2.24, 2.45) is 4.99 Å². The van der Waals surface area contributed by atoms with Gasteiger partial charge in [-0.15, -0.1) is 24.0 Å². The van der Waals surface area contributed by atoms with E-state index in [2.05, 4.69) is 22.0 Å². The molecule has 28 heavy (non-hydrogen) atoms. The van der Waals surface area contributed by atoms with Crippen molar-refractivity contribution in [3.8, 4) is 0 Å². The van der Waals surface area contributed by atoms with E-state index in [9.17, 15) is 9.90 Å². The van der Waals surface area contributed by atoms with Crippen LogP contribution in [-0.2, 0) is 9.53 Å². The number of aliphatic hydroxyl groups is 1. The summed E-state index contributed by atoms with van der Waals surface area (Å²) in [6, 6.07) is 0. The molecule has 3 fully saturated rings. The van der Waals surface area contributed by atoms with E-state index in [1.807, 2.05) is 4.90 Å². The van der Waals surface area contributed by atoms with Crippen LogP contribution in [0.2, 0.25) is 0 Å². The maximum Gasteiger partial charge on any atom is 0.236 e. The van der Waals surface area contributed by atoms with Crippen molar-refractivity contribution in [2.45, 2.75) is 18.9 Å². The van der Waals surface area contributed by atoms with Crippen molar-refractivity contribution >= 4 is 47.6 Å². The number of halogens is 1. The number of nitrogens with one attached hydrogen (secondary N) is 1. The number of morpholine rings is 1. The van der Waals surface area contributed by atoms with Crippen molar-refractivity contribution in [1.29, 1.82) is 0 Å². The Bertz CT molecular complexity index is 519. The molecular weight excluding hydrogens is 493 g/mol. The molecule has 3 aliphatic heterocycles. The van der Waals surface area contributed by atoms with E-state index in [0.29, 0.717) is 39.4 Å². The van der Waals surface area contributed by atoms with Gasteiger partial charge in [0, 0.05) is 51.6 Å². The number of guanidine groups is 1. The summed E-state index contributed by atoms with van der Waals surface area (Å²) in [6.07, 6.45) is 0.817. The third-order valence-electron chi connectivity index (χ3n) is 5.34. The van der Waals surface area contributed by atoms with Crippen molar-refractivity contribution in [1.82, 2.24) is 20.0 Å². The monoisotopic (exact) mass is 527 g/mol. The molecule has 1 atom stereocenters. The molecule has 162 valence electrons. The molecule has 0 radical (unpaired) electrons. The molecule has 0 aliphatic carbocycles. The Balaban J connectivity index is 0.00000280. The van der Waals surface area contributed by atoms with Crippen molar-refractivity contribution in [3.63, 3.8) is 0 Å². The highest BCUT2D eigenvalue weighted by molar-refractivity contribution is 14.0. The van der Waals surface area contributed by atoms with Gasteiger partial charge in [0.25, 0.3) is 0 Å². The highest BCUT2D eigenvalue weighted by atomic mass is 127. The van der Waals surface area contributed by atoms with Gasteiger partial charge < -0.3 is 25.0 Å². The van der Waals surface area contributed by atoms with Gasteiger partial charge in [0.15, 0.2) is 5.96 Å². The van der Waals surface area contributed by atoms with Crippen LogP contribution in [0.5, 0.6) is 0 Å². The molecule has 0 spiro atoms. The number of hydrogen-bond acceptors (Lipinski definition) is 6. The second-order valence-corrected chi connectivity index (χ2v) is 8.56. The van der Waals surface area contributed by atoms with Crippen LogP contribution in [0, 0.1) is 0 Å². The zero-order valence-corrected chi connectivity index (χ0v) is 19.9. The van der Waals surface area contributed by atoms with E-state index in [4.69, 9.17) is 9.73 Å². The van der Waals surface area contributed by atoms with Crippen molar-refractivity contribution in [3.05, 3.63) is 0 Å². The Morgan fingerprint density at radius 2 is 1.89 bits per heavy atom. The van der Waals surface area contributed by atoms with Crippen LogP contribution in [0.25, 0.3) is 0 Å². The lowest BCUT2D eigenvalue weighted by Gasteiger charge is -2.37. The SMILES string of the molecule is CCNC(=NCC1(O)CCSC1)N1CCN(CC(=O)N2CCOCC2)CC1.I. The van der Waals surface area contributed by atoms with E-state index < -0.39 is 5.60 Å². The first-order valence-corrected chi connectivity index (χ1v) is 11.2. The first-order valence-electron chi connectivity index (χ1n) is 10.0. The molecule has 3 aliphatic rings. The Morgan fingerprint density at radius 1 is 1.18 bits per heavy atom. The van der Waals surface area contributed by atoms with Gasteiger partial charge in [-0.25, -0.2) is 0 Å². The number of aliphatic imine (C=N–C) groups is 1. The lowest BCUT2D eigenvalue weighted by molar-refractivity contribution is -0.136. The van der Waals surface area contributed by atoms with Gasteiger partial charge in [-0.3, -0.25) is 14.7 Å². The van der Waals surface area contributed by atoms with Crippen LogP contribution in [-0.4, -0.2) is 121 Å². The maximum absolute atomic E-state index is 12.4. The van der Waals surface area contributed by atoms with Gasteiger partial charge in [-0.05, 0) is 19.1 Å². The van der Waals surface area contributed by atoms with Crippen molar-refractivity contribution in [2.75, 3.05) is 83.6 Å². The van der Waals surface area contributed by atoms with Crippen LogP contribution >= 0.6 is 35.7 Å². The van der Waals surface area contributed by atoms with Gasteiger partial charge in [0.05, 0.1) is 31.9 Å². The number of amides is 1. The molecule has 0 aromatic heterocycles. The summed E-state index contributed by atoms with van der Waals surface area (Å²) < 4.78 is 5.32. The van der Waals surface area contributed by atoms with Gasteiger partial charge in [-0.1, -0.05) is 0 Å². The normalized spacial score (nSPS) is 26.9. The number of rotatable bonds is 5. The standard InChI is InChI=1S/C18H33N5O3S.HI/c1-2-19-17(20-14-18(25)3-12-27-15-18)23-6-4-21(5-7-23)13-16(24)22-8-10-26-11-9-22;/h25H,2-15H2,1H3,(H,19,20);1H. The zero-order valence-electron chi connectivity index (χ0n) is 16.8. The number of carbonyl (C=O) groups excluding carboxylic acids is 1. The fourth-order valence-electron chi connectivity index (χ4n) is 3.59. The van der Waals surface area contributed by atoms with Crippen LogP contribution in [0.4, 0.5) is 0 Å². The van der Waals surface area contributed by atoms with E-state index in [-0.39, 0.29) is 29.9 Å². The molecule has 0 bridgehead atoms. The number of thioether (sulfide) groups is 1. The highest BCUT2D eigenvalue weighted by Crippen LogP contribution is 2.28. The van der Waals surface area contributed by atoms with E-state index >= 15 is 0 Å². The molecule has 3 rings (SSSR count). The predicted molar refractivity (Wildman–Crippen MR) is 124 cm³/mol. The number of piperazine rings is 1. The molecule has 8 nitrogen and oxygen atoms in total. The summed E-state index contributed by atoms with van der Waals surface area (Å²) in [5.41, 5.74) is -0.655. The third kappa shape index (κ3) is 6.89. The number of ether oxygens (including phenoxy) is 1. The number of hydrogen-bond donors (Lipinski definition) is 2. The molecule has 1 unspecified atom stereocenters. The summed E-state index contributed by atoms with van der Waals surface area (Å²) in [6.45, 7) is 9.89. The second kappa shape index (κ2) is 11.8. The van der Waals surface area contributed by atoms with E-state index in [0.717, 1.165) is 56.6 Å². The molecule has 1 amide bonds. The maximum atomic E-state index is 12.4. The Hall–Kier alpha value is -0.300. The summed E-state index contributed by atoms with van der Waals surface area (Å²) in [5, 5.41) is 13.9. The summed E-state index contributed by atoms with van der Waals surface area (Å²) in [5.74, 6) is 2.86. The lowest BCUT2D eigenvalue weighted by atomic mass is 10.0. The van der Waals surface area contributed by atoms with E-state index in [1.54, 1.807) is 11.8 Å². The Morgan fingerprint density at radius 3 is 2.50 bits per heavy atom. The minimum atomic E-state index is -0.655. The molecule has 0 saturated carbocycles. The van der Waals surface area contributed by atoms with Gasteiger partial charge in [-0.2, -0.15) is 11.8 Å². The zero-order chi connectivity index (χ0) is 19.1. The quantitative estimate of drug-likeness (QED) is 0.294. The third-order valence-corrected chi connectivity index (χ3v) is 6.57. The summed E-state index contributed by atoms with van der Waals surface area (Å²) in [7, 11) is 0. The van der Waals surface area contributed by atoms with Crippen molar-refractivity contribution < 1.29 is 14.6 Å². The summed E-state index contributed by atoms with van der Waals surface area (Å²) >= 11 is 1.80. The first-order chi connectivity index (χ1) is 13.1. The molecular formula is C18H34IN5O3S. The van der Waals surface area contributed by atoms with E-state index in [1.165, 1.54) is 0 Å². The average Bonchev–Trinajstić information content (AvgIpc) is 3.13. The Kier molecular flexibility index (Phi) is 10.1. The van der Waals surface area contributed by atoms with Crippen LogP contribution in [0.15, 0.2) is 4.99 Å². The predicted octanol–water partition coefficient (Wildman–Crippen LogP) is -0.0857. The smallest absolute Gasteiger partial charge is 0.236 e. The van der Waals surface area contributed by atoms with Crippen LogP contribution in [0.1, 0.15) is 13.3 Å². The topological polar surface area (TPSA) is 80.6 Å². The molecule has 10 heteroatoms.